The smallest absolute Gasteiger partial charge is 0.161 e. The van der Waals surface area contributed by atoms with Gasteiger partial charge in [-0.15, -0.1) is 0 Å². The lowest BCUT2D eigenvalue weighted by Crippen LogP contribution is -2.29. The number of hydrogen-bond donors (Lipinski definition) is 0. The van der Waals surface area contributed by atoms with Crippen LogP contribution in [0.15, 0.2) is 207 Å². The predicted octanol–water partition coefficient (Wildman–Crippen LogP) is 13.1. The Labute approximate surface area is 342 Å². The molecule has 1 spiro atoms. The summed E-state index contributed by atoms with van der Waals surface area (Å²) in [5.41, 5.74) is 18.3. The molecule has 12 rings (SSSR count). The van der Waals surface area contributed by atoms with Crippen LogP contribution in [0.3, 0.4) is 0 Å². The molecule has 59 heavy (non-hydrogen) atoms. The molecule has 7 aromatic carbocycles. The third kappa shape index (κ3) is 5.10. The lowest BCUT2D eigenvalue weighted by molar-refractivity contribution is 0.777. The molecule has 3 heterocycles. The van der Waals surface area contributed by atoms with E-state index in [-0.39, 0.29) is 0 Å². The van der Waals surface area contributed by atoms with Crippen molar-refractivity contribution in [2.24, 2.45) is 0 Å². The number of fused-ring (bicyclic) bond motifs is 13. The summed E-state index contributed by atoms with van der Waals surface area (Å²) < 4.78 is 0. The summed E-state index contributed by atoms with van der Waals surface area (Å²) in [4.78, 5) is 19.6. The van der Waals surface area contributed by atoms with E-state index in [1.165, 1.54) is 66.4 Å². The first-order valence-corrected chi connectivity index (χ1v) is 20.0. The van der Waals surface area contributed by atoms with Gasteiger partial charge in [-0.05, 0) is 115 Å². The van der Waals surface area contributed by atoms with Gasteiger partial charge in [-0.3, -0.25) is 9.97 Å². The van der Waals surface area contributed by atoms with E-state index in [4.69, 9.17) is 15.0 Å². The van der Waals surface area contributed by atoms with Crippen LogP contribution in [-0.4, -0.2) is 19.9 Å². The number of nitrogens with zero attached hydrogens (tertiary/aromatic N) is 4. The Balaban J connectivity index is 1.15. The van der Waals surface area contributed by atoms with Crippen LogP contribution in [0.4, 0.5) is 0 Å². The van der Waals surface area contributed by atoms with E-state index >= 15 is 0 Å². The van der Waals surface area contributed by atoms with Gasteiger partial charge >= 0.3 is 0 Å². The number of pyridine rings is 2. The van der Waals surface area contributed by atoms with Crippen molar-refractivity contribution < 1.29 is 0 Å². The van der Waals surface area contributed by atoms with Crippen molar-refractivity contribution in [1.29, 1.82) is 0 Å². The van der Waals surface area contributed by atoms with Crippen molar-refractivity contribution in [2.75, 3.05) is 0 Å². The Hall–Kier alpha value is -7.82. The zero-order chi connectivity index (χ0) is 38.9. The lowest BCUT2D eigenvalue weighted by atomic mass is 9.65. The van der Waals surface area contributed by atoms with Gasteiger partial charge in [0, 0.05) is 40.8 Å². The van der Waals surface area contributed by atoms with Gasteiger partial charge in [0.25, 0.3) is 0 Å². The maximum absolute atomic E-state index is 5.34. The van der Waals surface area contributed by atoms with E-state index in [1.54, 1.807) is 6.20 Å². The molecule has 0 amide bonds. The van der Waals surface area contributed by atoms with Gasteiger partial charge in [0.15, 0.2) is 5.82 Å². The van der Waals surface area contributed by atoms with Crippen LogP contribution >= 0.6 is 0 Å². The van der Waals surface area contributed by atoms with Crippen molar-refractivity contribution in [2.45, 2.75) is 5.41 Å². The van der Waals surface area contributed by atoms with Gasteiger partial charge in [0.1, 0.15) is 0 Å². The van der Waals surface area contributed by atoms with Crippen LogP contribution in [0.1, 0.15) is 22.3 Å². The summed E-state index contributed by atoms with van der Waals surface area (Å²) in [5, 5.41) is 2.47. The normalized spacial score (nSPS) is 14.5. The van der Waals surface area contributed by atoms with E-state index in [0.717, 1.165) is 39.3 Å². The van der Waals surface area contributed by atoms with Gasteiger partial charge in [-0.25, -0.2) is 9.97 Å². The Bertz CT molecular complexity index is 3270. The third-order valence-corrected chi connectivity index (χ3v) is 12.2. The zero-order valence-electron chi connectivity index (χ0n) is 31.9. The van der Waals surface area contributed by atoms with Crippen molar-refractivity contribution in [3.63, 3.8) is 0 Å². The molecule has 0 radical (unpaired) electrons. The van der Waals surface area contributed by atoms with Crippen LogP contribution in [-0.2, 0) is 5.41 Å². The molecule has 3 aromatic heterocycles. The fourth-order valence-corrected chi connectivity index (χ4v) is 9.63. The number of aromatic nitrogens is 4. The second-order valence-electron chi connectivity index (χ2n) is 15.4. The summed E-state index contributed by atoms with van der Waals surface area (Å²) in [7, 11) is 0. The molecule has 0 aliphatic heterocycles. The van der Waals surface area contributed by atoms with Gasteiger partial charge < -0.3 is 0 Å². The highest BCUT2D eigenvalue weighted by Gasteiger charge is 2.50. The zero-order valence-corrected chi connectivity index (χ0v) is 31.9. The highest BCUT2D eigenvalue weighted by molar-refractivity contribution is 6.01. The topological polar surface area (TPSA) is 51.6 Å². The van der Waals surface area contributed by atoms with Gasteiger partial charge in [-0.1, -0.05) is 140 Å². The SMILES string of the molecule is c1ccc(-c2cc(-c3ccc4c(c3)C3(c5ccccc5-c5ccccc5-4)c4ccccc4-c4cc5ccccc5cc43)nc(-c3ccc(-c4cccnc4)nc3)n2)cc1. The molecule has 0 N–H and O–H groups in total. The fraction of sp³-hybridized carbons (Fsp3) is 0.0182. The standard InChI is InChI=1S/C55H34N4/c1-2-13-35(14-3-1)52-32-53(59-54(58-52)40-25-27-51(57-34-40)39-17-12-28-56-33-39)38-24-26-45-42-19-7-6-18-41(42)43-20-8-10-22-47(43)55(49(45)31-38)48-23-11-9-21-44(48)46-29-36-15-4-5-16-37(36)30-50(46)55/h1-34H. The Kier molecular flexibility index (Phi) is 7.41. The summed E-state index contributed by atoms with van der Waals surface area (Å²) in [6.07, 6.45) is 5.47. The highest BCUT2D eigenvalue weighted by atomic mass is 14.9. The van der Waals surface area contributed by atoms with E-state index in [1.807, 2.05) is 36.7 Å². The molecule has 0 saturated heterocycles. The van der Waals surface area contributed by atoms with E-state index in [9.17, 15) is 0 Å². The molecule has 0 bridgehead atoms. The molecule has 274 valence electrons. The molecular formula is C55H34N4. The summed E-state index contributed by atoms with van der Waals surface area (Å²) >= 11 is 0. The minimum atomic E-state index is -0.624. The summed E-state index contributed by atoms with van der Waals surface area (Å²) in [6, 6.07) is 68.1. The lowest BCUT2D eigenvalue weighted by Gasteiger charge is -2.35. The highest BCUT2D eigenvalue weighted by Crippen LogP contribution is 2.62. The predicted molar refractivity (Wildman–Crippen MR) is 239 cm³/mol. The van der Waals surface area contributed by atoms with Crippen molar-refractivity contribution >= 4 is 10.8 Å². The minimum Gasteiger partial charge on any atom is -0.264 e. The fourth-order valence-electron chi connectivity index (χ4n) is 9.63. The Morgan fingerprint density at radius 2 is 0.898 bits per heavy atom. The molecule has 0 fully saturated rings. The molecule has 2 aliphatic rings. The van der Waals surface area contributed by atoms with E-state index < -0.39 is 5.41 Å². The van der Waals surface area contributed by atoms with E-state index in [2.05, 4.69) is 169 Å². The van der Waals surface area contributed by atoms with Crippen molar-refractivity contribution in [3.05, 3.63) is 229 Å². The number of hydrogen-bond acceptors (Lipinski definition) is 4. The summed E-state index contributed by atoms with van der Waals surface area (Å²) in [6.45, 7) is 0. The van der Waals surface area contributed by atoms with Crippen LogP contribution in [0.25, 0.3) is 89.3 Å². The van der Waals surface area contributed by atoms with Crippen LogP contribution in [0.5, 0.6) is 0 Å². The van der Waals surface area contributed by atoms with Gasteiger partial charge in [0.2, 0.25) is 0 Å². The molecular weight excluding hydrogens is 717 g/mol. The molecule has 4 heteroatoms. The molecule has 1 unspecified atom stereocenters. The van der Waals surface area contributed by atoms with E-state index in [0.29, 0.717) is 5.82 Å². The van der Waals surface area contributed by atoms with Gasteiger partial charge in [0.05, 0.1) is 22.5 Å². The maximum atomic E-state index is 5.34. The van der Waals surface area contributed by atoms with Gasteiger partial charge in [-0.2, -0.15) is 0 Å². The maximum Gasteiger partial charge on any atom is 0.161 e. The molecule has 4 nitrogen and oxygen atoms in total. The second kappa shape index (κ2) is 13.1. The monoisotopic (exact) mass is 750 g/mol. The van der Waals surface area contributed by atoms with Crippen LogP contribution in [0.2, 0.25) is 0 Å². The Morgan fingerprint density at radius 1 is 0.322 bits per heavy atom. The summed E-state index contributed by atoms with van der Waals surface area (Å²) in [5.74, 6) is 0.620. The average molecular weight is 751 g/mol. The Morgan fingerprint density at radius 3 is 1.59 bits per heavy atom. The number of benzene rings is 7. The first kappa shape index (κ1) is 33.3. The average Bonchev–Trinajstić information content (AvgIpc) is 3.54. The van der Waals surface area contributed by atoms with Crippen LogP contribution < -0.4 is 0 Å². The largest absolute Gasteiger partial charge is 0.264 e. The van der Waals surface area contributed by atoms with Crippen LogP contribution in [0, 0.1) is 0 Å². The van der Waals surface area contributed by atoms with Crippen molar-refractivity contribution in [1.82, 2.24) is 19.9 Å². The molecule has 0 saturated carbocycles. The minimum absolute atomic E-state index is 0.620. The van der Waals surface area contributed by atoms with Crippen molar-refractivity contribution in [3.8, 4) is 78.5 Å². The number of rotatable bonds is 4. The first-order chi connectivity index (χ1) is 29.2. The molecule has 1 atom stereocenters. The third-order valence-electron chi connectivity index (χ3n) is 12.2. The first-order valence-electron chi connectivity index (χ1n) is 20.0. The molecule has 10 aromatic rings. The second-order valence-corrected chi connectivity index (χ2v) is 15.4. The molecule has 2 aliphatic carbocycles. The quantitative estimate of drug-likeness (QED) is 0.180.